The minimum absolute atomic E-state index is 0.0255. The van der Waals surface area contributed by atoms with E-state index in [2.05, 4.69) is 20.3 Å². The number of fused-ring (bicyclic) bond motifs is 5. The van der Waals surface area contributed by atoms with Gasteiger partial charge >= 0.3 is 6.09 Å². The van der Waals surface area contributed by atoms with Crippen LogP contribution in [-0.2, 0) is 40.4 Å². The second kappa shape index (κ2) is 20.7. The zero-order valence-electron chi connectivity index (χ0n) is 37.8. The number of sulfonamides is 2. The predicted molar refractivity (Wildman–Crippen MR) is 260 cm³/mol. The third-order valence-corrected chi connectivity index (χ3v) is 18.6. The van der Waals surface area contributed by atoms with E-state index in [4.69, 9.17) is 15.4 Å². The molecule has 71 heavy (non-hydrogen) atoms. The van der Waals surface area contributed by atoms with Gasteiger partial charge in [0, 0.05) is 99.4 Å². The highest BCUT2D eigenvalue weighted by Gasteiger charge is 2.48. The fourth-order valence-electron chi connectivity index (χ4n) is 10.1. The van der Waals surface area contributed by atoms with Crippen LogP contribution in [0, 0.1) is 17.5 Å². The van der Waals surface area contributed by atoms with Crippen molar-refractivity contribution in [2.75, 3.05) is 26.2 Å². The quantitative estimate of drug-likeness (QED) is 0.151. The molecular formula is C49H47ClF3N7O8S3. The minimum atomic E-state index is -3.98. The van der Waals surface area contributed by atoms with E-state index in [0.717, 1.165) is 50.0 Å². The van der Waals surface area contributed by atoms with Crippen molar-refractivity contribution in [3.8, 4) is 0 Å². The van der Waals surface area contributed by atoms with Gasteiger partial charge in [-0.2, -0.15) is 8.61 Å². The van der Waals surface area contributed by atoms with Crippen molar-refractivity contribution in [1.82, 2.24) is 33.8 Å². The van der Waals surface area contributed by atoms with Crippen molar-refractivity contribution in [3.05, 3.63) is 145 Å². The number of hydrogen-bond donors (Lipinski definition) is 1. The van der Waals surface area contributed by atoms with Crippen LogP contribution in [0.3, 0.4) is 0 Å². The van der Waals surface area contributed by atoms with Crippen LogP contribution in [-0.4, -0.2) is 110 Å². The molecule has 4 aliphatic rings. The summed E-state index contributed by atoms with van der Waals surface area (Å²) in [7, 11) is -6.46. The van der Waals surface area contributed by atoms with E-state index in [1.54, 1.807) is 39.5 Å². The second-order valence-electron chi connectivity index (χ2n) is 17.5. The maximum absolute atomic E-state index is 14.6. The van der Waals surface area contributed by atoms with Gasteiger partial charge in [0.05, 0.1) is 39.3 Å². The molecule has 1 N–H and O–H groups in total. The molecule has 4 unspecified atom stereocenters. The zero-order valence-corrected chi connectivity index (χ0v) is 41.0. The lowest BCUT2D eigenvalue weighted by molar-refractivity contribution is 0.0606. The van der Waals surface area contributed by atoms with E-state index >= 15 is 0 Å². The first-order valence-electron chi connectivity index (χ1n) is 22.8. The number of halogens is 4. The molecule has 4 fully saturated rings. The average molecular weight is 1050 g/mol. The van der Waals surface area contributed by atoms with Gasteiger partial charge in [-0.25, -0.2) is 43.2 Å². The van der Waals surface area contributed by atoms with Crippen LogP contribution in [0.2, 0.25) is 0 Å². The molecule has 0 saturated carbocycles. The molecule has 3 aromatic heterocycles. The first kappa shape index (κ1) is 50.1. The number of nitrogens with one attached hydrogen (secondary N) is 1. The summed E-state index contributed by atoms with van der Waals surface area (Å²) in [4.78, 5) is 25.5. The Labute approximate surface area is 413 Å². The maximum atomic E-state index is 14.6. The highest BCUT2D eigenvalue weighted by atomic mass is 35.7. The van der Waals surface area contributed by atoms with Crippen molar-refractivity contribution < 1.29 is 48.0 Å². The van der Waals surface area contributed by atoms with E-state index < -0.39 is 52.6 Å². The summed E-state index contributed by atoms with van der Waals surface area (Å²) < 4.78 is 127. The number of benzene rings is 4. The Kier molecular flexibility index (Phi) is 14.6. The SMILES string of the molecule is O=C(OCc1ccccc1)N1CCCC2C1CCN2S(=O)(=O)c1cccc2cncc(F)c12.O=S(=O)(Cl)c1cccc2cncc(F)c12.O=S(=O)(c1cccc2cncc(F)c12)N1CCC2NCCCC21. The van der Waals surface area contributed by atoms with Crippen LogP contribution in [0.4, 0.5) is 18.0 Å². The van der Waals surface area contributed by atoms with Crippen LogP contribution in [0.5, 0.6) is 0 Å². The Bertz CT molecular complexity index is 3460. The lowest BCUT2D eigenvalue weighted by atomic mass is 9.98. The minimum Gasteiger partial charge on any atom is -0.445 e. The molecule has 11 rings (SSSR count). The fraction of sp³-hybridized carbons (Fsp3) is 0.306. The van der Waals surface area contributed by atoms with Crippen LogP contribution in [0.1, 0.15) is 44.1 Å². The first-order valence-corrected chi connectivity index (χ1v) is 28.0. The lowest BCUT2D eigenvalue weighted by Gasteiger charge is -2.38. The molecule has 0 bridgehead atoms. The summed E-state index contributed by atoms with van der Waals surface area (Å²) >= 11 is 0. The molecule has 372 valence electrons. The molecule has 4 aromatic carbocycles. The number of amides is 1. The number of piperidine rings is 2. The molecule has 0 radical (unpaired) electrons. The predicted octanol–water partition coefficient (Wildman–Crippen LogP) is 8.13. The van der Waals surface area contributed by atoms with Crippen molar-refractivity contribution in [2.45, 2.75) is 84.0 Å². The maximum Gasteiger partial charge on any atom is 0.410 e. The number of pyridine rings is 3. The van der Waals surface area contributed by atoms with Gasteiger partial charge in [-0.15, -0.1) is 0 Å². The topological polar surface area (TPSA) is 189 Å². The lowest BCUT2D eigenvalue weighted by Crippen LogP contribution is -2.52. The summed E-state index contributed by atoms with van der Waals surface area (Å²) in [5, 5.41) is 4.88. The second-order valence-corrected chi connectivity index (χ2v) is 23.7. The highest BCUT2D eigenvalue weighted by molar-refractivity contribution is 8.14. The van der Waals surface area contributed by atoms with Gasteiger partial charge < -0.3 is 15.0 Å². The molecule has 4 aliphatic heterocycles. The Morgan fingerprint density at radius 2 is 1.07 bits per heavy atom. The molecule has 15 nitrogen and oxygen atoms in total. The zero-order chi connectivity index (χ0) is 50.1. The number of ether oxygens (including phenoxy) is 1. The molecule has 0 spiro atoms. The van der Waals surface area contributed by atoms with Crippen molar-refractivity contribution >= 4 is 78.2 Å². The molecule has 4 saturated heterocycles. The largest absolute Gasteiger partial charge is 0.445 e. The first-order chi connectivity index (χ1) is 34.1. The number of aromatic nitrogens is 3. The molecule has 7 aromatic rings. The Balaban J connectivity index is 0.000000142. The molecule has 0 aliphatic carbocycles. The Hall–Kier alpha value is -5.81. The van der Waals surface area contributed by atoms with Crippen molar-refractivity contribution in [3.63, 3.8) is 0 Å². The van der Waals surface area contributed by atoms with Crippen LogP contribution >= 0.6 is 10.7 Å². The number of carbonyl (C=O) groups is 1. The molecule has 4 atom stereocenters. The Morgan fingerprint density at radius 3 is 1.62 bits per heavy atom. The van der Waals surface area contributed by atoms with Gasteiger partial charge in [0.2, 0.25) is 20.0 Å². The van der Waals surface area contributed by atoms with Crippen molar-refractivity contribution in [1.29, 1.82) is 0 Å². The van der Waals surface area contributed by atoms with E-state index in [-0.39, 0.29) is 68.2 Å². The van der Waals surface area contributed by atoms with E-state index in [1.807, 2.05) is 30.3 Å². The van der Waals surface area contributed by atoms with Crippen molar-refractivity contribution in [2.24, 2.45) is 0 Å². The number of likely N-dealkylation sites (tertiary alicyclic amines) is 1. The normalized spacial score (nSPS) is 20.6. The Morgan fingerprint density at radius 1 is 0.577 bits per heavy atom. The van der Waals surface area contributed by atoms with Gasteiger partial charge in [0.15, 0.2) is 17.5 Å². The summed E-state index contributed by atoms with van der Waals surface area (Å²) in [5.41, 5.74) is 0.891. The summed E-state index contributed by atoms with van der Waals surface area (Å²) in [6.07, 6.45) is 11.4. The smallest absolute Gasteiger partial charge is 0.410 e. The van der Waals surface area contributed by atoms with Gasteiger partial charge in [0.25, 0.3) is 9.05 Å². The van der Waals surface area contributed by atoms with Gasteiger partial charge in [-0.05, 0) is 68.8 Å². The summed E-state index contributed by atoms with van der Waals surface area (Å²) in [6.45, 7) is 2.37. The standard InChI is InChI=1S/C24H24FN3O4S.C16H18FN3O2S.C9H5ClFNO2S/c25-19-15-26-14-18-8-4-10-22(23(18)19)33(30,31)28-13-11-20-21(28)9-5-12-27(20)24(29)32-16-17-6-2-1-3-7-17;17-12-10-18-9-11-3-1-5-15(16(11)12)23(21,22)20-8-6-13-14(20)4-2-7-19-13;10-15(13,14)8-3-1-2-6-4-12-5-7(11)9(6)8/h1-4,6-8,10,14-15,20-21H,5,9,11-13,16H2;1,3,5,9-10,13-14,19H,2,4,6-8H2;1-5H. The molecule has 1 amide bonds. The fourth-order valence-corrected chi connectivity index (χ4v) is 15.1. The number of hydrogen-bond acceptors (Lipinski definition) is 12. The number of nitrogens with zero attached hydrogens (tertiary/aromatic N) is 6. The summed E-state index contributed by atoms with van der Waals surface area (Å²) in [5.74, 6) is -1.97. The molecular weight excluding hydrogens is 1000 g/mol. The average Bonchev–Trinajstić information content (AvgIpc) is 4.02. The number of carbonyl (C=O) groups excluding carboxylic acids is 1. The third kappa shape index (κ3) is 10.2. The van der Waals surface area contributed by atoms with Crippen LogP contribution in [0.15, 0.2) is 137 Å². The monoisotopic (exact) mass is 1050 g/mol. The molecule has 22 heteroatoms. The van der Waals surface area contributed by atoms with Crippen LogP contribution < -0.4 is 5.32 Å². The van der Waals surface area contributed by atoms with E-state index in [1.165, 1.54) is 47.2 Å². The molecule has 7 heterocycles. The highest BCUT2D eigenvalue weighted by Crippen LogP contribution is 2.38. The van der Waals surface area contributed by atoms with E-state index in [9.17, 15) is 43.2 Å². The van der Waals surface area contributed by atoms with E-state index in [0.29, 0.717) is 48.5 Å². The third-order valence-electron chi connectivity index (χ3n) is 13.3. The van der Waals surface area contributed by atoms with Crippen LogP contribution in [0.25, 0.3) is 32.3 Å². The van der Waals surface area contributed by atoms with Gasteiger partial charge in [-0.3, -0.25) is 15.0 Å². The number of rotatable bonds is 7. The van der Waals surface area contributed by atoms with Gasteiger partial charge in [0.1, 0.15) is 6.61 Å². The summed E-state index contributed by atoms with van der Waals surface area (Å²) in [6, 6.07) is 22.8. The van der Waals surface area contributed by atoms with Gasteiger partial charge in [-0.1, -0.05) is 66.7 Å².